The van der Waals surface area contributed by atoms with Crippen LogP contribution in [0.25, 0.3) is 0 Å². The highest BCUT2D eigenvalue weighted by atomic mass is 79.9. The Morgan fingerprint density at radius 1 is 0.667 bits per heavy atom. The second kappa shape index (κ2) is 5.33. The van der Waals surface area contributed by atoms with E-state index in [2.05, 4.69) is 31.9 Å². The summed E-state index contributed by atoms with van der Waals surface area (Å²) in [7, 11) is 0. The molecule has 0 radical (unpaired) electrons. The van der Waals surface area contributed by atoms with Crippen LogP contribution in [0.1, 0.15) is 0 Å². The smallest absolute Gasteiger partial charge is 0.0186 e. The molecular formula is C10H8Br2. The van der Waals surface area contributed by atoms with Crippen molar-refractivity contribution in [2.24, 2.45) is 0 Å². The highest BCUT2D eigenvalue weighted by molar-refractivity contribution is 9.11. The van der Waals surface area contributed by atoms with Crippen LogP contribution in [0.5, 0.6) is 0 Å². The van der Waals surface area contributed by atoms with Gasteiger partial charge in [0.25, 0.3) is 0 Å². The maximum Gasteiger partial charge on any atom is 0.0186 e. The Bertz CT molecular complexity index is 279. The fourth-order valence-electron chi connectivity index (χ4n) is 0.715. The third kappa shape index (κ3) is 3.88. The summed E-state index contributed by atoms with van der Waals surface area (Å²) in [5.74, 6) is 0. The lowest BCUT2D eigenvalue weighted by Gasteiger charge is -1.84. The van der Waals surface area contributed by atoms with E-state index in [1.54, 1.807) is 0 Å². The first-order chi connectivity index (χ1) is 5.79. The van der Waals surface area contributed by atoms with Crippen LogP contribution in [-0.4, -0.2) is 0 Å². The van der Waals surface area contributed by atoms with Gasteiger partial charge in [0.1, 0.15) is 0 Å². The molecule has 0 saturated heterocycles. The van der Waals surface area contributed by atoms with Gasteiger partial charge in [-0.25, -0.2) is 0 Å². The summed E-state index contributed by atoms with van der Waals surface area (Å²) in [5, 5.41) is 0. The van der Waals surface area contributed by atoms with Crippen LogP contribution in [0.3, 0.4) is 0 Å². The van der Waals surface area contributed by atoms with Crippen LogP contribution in [0.4, 0.5) is 0 Å². The van der Waals surface area contributed by atoms with Crippen LogP contribution < -0.4 is 0 Å². The zero-order chi connectivity index (χ0) is 8.81. The quantitative estimate of drug-likeness (QED) is 0.666. The molecule has 0 N–H and O–H groups in total. The first-order valence-electron chi connectivity index (χ1n) is 3.53. The third-order valence-corrected chi connectivity index (χ3v) is 2.22. The van der Waals surface area contributed by atoms with Crippen molar-refractivity contribution in [2.75, 3.05) is 0 Å². The summed E-state index contributed by atoms with van der Waals surface area (Å²) >= 11 is 6.84. The van der Waals surface area contributed by atoms with Gasteiger partial charge in [0.15, 0.2) is 0 Å². The monoisotopic (exact) mass is 286 g/mol. The van der Waals surface area contributed by atoms with Crippen molar-refractivity contribution >= 4 is 31.9 Å². The van der Waals surface area contributed by atoms with Gasteiger partial charge in [-0.1, -0.05) is 62.2 Å². The van der Waals surface area contributed by atoms with Gasteiger partial charge in [-0.05, 0) is 18.2 Å². The average Bonchev–Trinajstić information content (AvgIpc) is 2.02. The Morgan fingerprint density at radius 3 is 1.58 bits per heavy atom. The van der Waals surface area contributed by atoms with E-state index < -0.39 is 0 Å². The zero-order valence-corrected chi connectivity index (χ0v) is 9.55. The topological polar surface area (TPSA) is 0 Å². The van der Waals surface area contributed by atoms with Gasteiger partial charge in [-0.15, -0.1) is 0 Å². The van der Waals surface area contributed by atoms with Crippen LogP contribution in [0.15, 0.2) is 57.5 Å². The largest absolute Gasteiger partial charge is 0.0623 e. The highest BCUT2D eigenvalue weighted by Gasteiger charge is 1.80. The van der Waals surface area contributed by atoms with Gasteiger partial charge in [-0.2, -0.15) is 0 Å². The van der Waals surface area contributed by atoms with Crippen LogP contribution in [0.2, 0.25) is 0 Å². The molecule has 1 aromatic carbocycles. The summed E-state index contributed by atoms with van der Waals surface area (Å²) in [5.41, 5.74) is 0. The molecule has 0 saturated carbocycles. The Balaban J connectivity index is 3.23. The molecule has 1 aromatic rings. The average molecular weight is 288 g/mol. The minimum absolute atomic E-state index is 1.05. The van der Waals surface area contributed by atoms with Crippen molar-refractivity contribution in [1.29, 1.82) is 0 Å². The van der Waals surface area contributed by atoms with Crippen molar-refractivity contribution in [3.8, 4) is 0 Å². The molecule has 0 bridgehead atoms. The normalized spacial score (nSPS) is 8.83. The van der Waals surface area contributed by atoms with Crippen molar-refractivity contribution in [3.63, 3.8) is 0 Å². The first kappa shape index (κ1) is 9.75. The second-order valence-electron chi connectivity index (χ2n) is 2.21. The summed E-state index contributed by atoms with van der Waals surface area (Å²) in [6, 6.07) is 15.9. The number of rotatable bonds is 0. The molecule has 0 aromatic heterocycles. The highest BCUT2D eigenvalue weighted by Crippen LogP contribution is 2.12. The van der Waals surface area contributed by atoms with Gasteiger partial charge in [0.2, 0.25) is 0 Å². The Labute approximate surface area is 89.2 Å². The third-order valence-electron chi connectivity index (χ3n) is 1.23. The molecule has 0 spiro atoms. The summed E-state index contributed by atoms with van der Waals surface area (Å²) in [6.45, 7) is 0. The molecular weight excluding hydrogens is 280 g/mol. The lowest BCUT2D eigenvalue weighted by atomic mass is 10.4. The van der Waals surface area contributed by atoms with Crippen molar-refractivity contribution in [3.05, 3.63) is 57.5 Å². The van der Waals surface area contributed by atoms with Crippen molar-refractivity contribution < 1.29 is 0 Å². The van der Waals surface area contributed by atoms with Gasteiger partial charge in [0.05, 0.1) is 0 Å². The number of halogens is 2. The lowest BCUT2D eigenvalue weighted by Crippen LogP contribution is -1.58. The maximum atomic E-state index is 3.42. The molecule has 0 unspecified atom stereocenters. The van der Waals surface area contributed by atoms with E-state index in [4.69, 9.17) is 0 Å². The van der Waals surface area contributed by atoms with Gasteiger partial charge >= 0.3 is 0 Å². The van der Waals surface area contributed by atoms with E-state index in [0.29, 0.717) is 0 Å². The maximum absolute atomic E-state index is 3.42. The standard InChI is InChI=1S/C10H8Br2/c11-9-6-4-2-1-3-5-7-10(12)8-9/h1-8H. The molecule has 62 valence electrons. The van der Waals surface area contributed by atoms with E-state index >= 15 is 0 Å². The molecule has 0 aliphatic carbocycles. The molecule has 12 heavy (non-hydrogen) atoms. The fraction of sp³-hybridized carbons (Fsp3) is 0. The molecule has 2 heteroatoms. The molecule has 0 atom stereocenters. The summed E-state index contributed by atoms with van der Waals surface area (Å²) in [4.78, 5) is 0. The molecule has 0 amide bonds. The lowest BCUT2D eigenvalue weighted by molar-refractivity contribution is 1.63. The second-order valence-corrected chi connectivity index (χ2v) is 4.04. The van der Waals surface area contributed by atoms with E-state index in [-0.39, 0.29) is 0 Å². The predicted octanol–water partition coefficient (Wildman–Crippen LogP) is 4.34. The molecule has 0 aliphatic heterocycles. The summed E-state index contributed by atoms with van der Waals surface area (Å²) in [6.07, 6.45) is 0. The minimum Gasteiger partial charge on any atom is -0.0623 e. The fourth-order valence-corrected chi connectivity index (χ4v) is 1.82. The van der Waals surface area contributed by atoms with E-state index in [1.165, 1.54) is 0 Å². The van der Waals surface area contributed by atoms with Crippen LogP contribution in [0, 0.1) is 0 Å². The Hall–Kier alpha value is -0.340. The predicted molar refractivity (Wildman–Crippen MR) is 59.5 cm³/mol. The van der Waals surface area contributed by atoms with Crippen LogP contribution in [-0.2, 0) is 0 Å². The van der Waals surface area contributed by atoms with E-state index in [9.17, 15) is 0 Å². The molecule has 0 nitrogen and oxygen atoms in total. The molecule has 0 aliphatic rings. The minimum atomic E-state index is 1.05. The Kier molecular flexibility index (Phi) is 4.33. The SMILES string of the molecule is Brc1cccccccc(Br)c1. The Morgan fingerprint density at radius 2 is 1.08 bits per heavy atom. The molecule has 0 heterocycles. The van der Waals surface area contributed by atoms with E-state index in [0.717, 1.165) is 8.95 Å². The van der Waals surface area contributed by atoms with E-state index in [1.807, 2.05) is 48.5 Å². The van der Waals surface area contributed by atoms with Gasteiger partial charge in [0, 0.05) is 8.95 Å². The summed E-state index contributed by atoms with van der Waals surface area (Å²) < 4.78 is 2.09. The number of hydrogen-bond acceptors (Lipinski definition) is 0. The van der Waals surface area contributed by atoms with Gasteiger partial charge in [-0.3, -0.25) is 0 Å². The van der Waals surface area contributed by atoms with Crippen molar-refractivity contribution in [2.45, 2.75) is 0 Å². The van der Waals surface area contributed by atoms with Gasteiger partial charge < -0.3 is 0 Å². The number of hydrogen-bond donors (Lipinski definition) is 0. The zero-order valence-electron chi connectivity index (χ0n) is 6.37. The van der Waals surface area contributed by atoms with Crippen molar-refractivity contribution in [1.82, 2.24) is 0 Å². The van der Waals surface area contributed by atoms with Crippen LogP contribution >= 0.6 is 31.9 Å². The first-order valence-corrected chi connectivity index (χ1v) is 5.12. The molecule has 1 rings (SSSR count). The molecule has 0 fully saturated rings.